The molecule has 0 N–H and O–H groups in total. The zero-order chi connectivity index (χ0) is 14.7. The van der Waals surface area contributed by atoms with Crippen molar-refractivity contribution in [3.63, 3.8) is 0 Å². The summed E-state index contributed by atoms with van der Waals surface area (Å²) < 4.78 is 0. The summed E-state index contributed by atoms with van der Waals surface area (Å²) in [6.45, 7) is 1.95. The van der Waals surface area contributed by atoms with E-state index in [0.29, 0.717) is 0 Å². The number of nitrogens with zero attached hydrogens (tertiary/aromatic N) is 3. The van der Waals surface area contributed by atoms with Crippen molar-refractivity contribution in [1.29, 1.82) is 5.26 Å². The molecular weight excluding hydrogens is 298 g/mol. The maximum absolute atomic E-state index is 11.1. The molecule has 0 saturated heterocycles. The Labute approximate surface area is 124 Å². The minimum Gasteiger partial charge on any atom is -0.258 e. The predicted molar refractivity (Wildman–Crippen MR) is 75.9 cm³/mol. The fraction of sp³-hybridized carbons (Fsp3) is 0.0769. The maximum Gasteiger partial charge on any atom is 0.321 e. The van der Waals surface area contributed by atoms with Gasteiger partial charge in [-0.3, -0.25) is 10.1 Å². The van der Waals surface area contributed by atoms with Gasteiger partial charge in [-0.1, -0.05) is 41.1 Å². The summed E-state index contributed by atoms with van der Waals surface area (Å²) in [6.07, 6.45) is 1.24. The van der Waals surface area contributed by atoms with Gasteiger partial charge >= 0.3 is 5.69 Å². The molecule has 0 radical (unpaired) electrons. The molecule has 0 unspecified atom stereocenters. The zero-order valence-corrected chi connectivity index (χ0v) is 11.9. The van der Waals surface area contributed by atoms with Crippen molar-refractivity contribution < 1.29 is 4.92 Å². The SMILES string of the molecule is Cc1ccc(Sc2c(C#N)cnc(Cl)c2[N+](=O)[O-])cc1. The third-order valence-electron chi connectivity index (χ3n) is 2.51. The molecule has 20 heavy (non-hydrogen) atoms. The van der Waals surface area contributed by atoms with Gasteiger partial charge in [-0.25, -0.2) is 4.98 Å². The molecule has 100 valence electrons. The van der Waals surface area contributed by atoms with E-state index in [0.717, 1.165) is 22.2 Å². The molecule has 0 spiro atoms. The molecule has 2 aromatic rings. The molecule has 1 heterocycles. The Hall–Kier alpha value is -2.10. The van der Waals surface area contributed by atoms with Gasteiger partial charge in [0.05, 0.1) is 10.5 Å². The van der Waals surface area contributed by atoms with Crippen molar-refractivity contribution in [1.82, 2.24) is 4.98 Å². The van der Waals surface area contributed by atoms with Gasteiger partial charge in [0.15, 0.2) is 0 Å². The Morgan fingerprint density at radius 2 is 2.05 bits per heavy atom. The fourth-order valence-corrected chi connectivity index (χ4v) is 2.78. The average Bonchev–Trinajstić information content (AvgIpc) is 2.41. The van der Waals surface area contributed by atoms with Crippen molar-refractivity contribution in [2.24, 2.45) is 0 Å². The second kappa shape index (κ2) is 5.90. The highest BCUT2D eigenvalue weighted by molar-refractivity contribution is 7.99. The number of aromatic nitrogens is 1. The molecule has 0 fully saturated rings. The van der Waals surface area contributed by atoms with Gasteiger partial charge in [-0.2, -0.15) is 5.26 Å². The predicted octanol–water partition coefficient (Wildman–Crippen LogP) is 3.97. The van der Waals surface area contributed by atoms with Crippen LogP contribution in [0, 0.1) is 28.4 Å². The Morgan fingerprint density at radius 1 is 1.40 bits per heavy atom. The monoisotopic (exact) mass is 305 g/mol. The van der Waals surface area contributed by atoms with Crippen LogP contribution in [0.5, 0.6) is 0 Å². The molecule has 0 aliphatic rings. The standard InChI is InChI=1S/C13H8ClN3O2S/c1-8-2-4-10(5-3-8)20-12-9(6-15)7-16-13(14)11(12)17(18)19/h2-5,7H,1H3. The maximum atomic E-state index is 11.1. The van der Waals surface area contributed by atoms with Crippen LogP contribution in [0.1, 0.15) is 11.1 Å². The molecule has 0 aliphatic heterocycles. The largest absolute Gasteiger partial charge is 0.321 e. The van der Waals surface area contributed by atoms with E-state index in [1.807, 2.05) is 37.3 Å². The second-order valence-corrected chi connectivity index (χ2v) is 5.37. The molecule has 7 heteroatoms. The van der Waals surface area contributed by atoms with Gasteiger partial charge in [0, 0.05) is 11.1 Å². The van der Waals surface area contributed by atoms with E-state index in [1.165, 1.54) is 6.20 Å². The molecule has 2 rings (SSSR count). The van der Waals surface area contributed by atoms with Gasteiger partial charge in [0.25, 0.3) is 0 Å². The summed E-state index contributed by atoms with van der Waals surface area (Å²) in [5.74, 6) is 0. The van der Waals surface area contributed by atoms with Crippen LogP contribution in [0.3, 0.4) is 0 Å². The van der Waals surface area contributed by atoms with Gasteiger partial charge in [-0.05, 0) is 19.1 Å². The number of benzene rings is 1. The van der Waals surface area contributed by atoms with Crippen molar-refractivity contribution in [3.8, 4) is 6.07 Å². The first kappa shape index (κ1) is 14.3. The smallest absolute Gasteiger partial charge is 0.258 e. The number of nitro groups is 1. The summed E-state index contributed by atoms with van der Waals surface area (Å²) in [5, 5.41) is 20.0. The van der Waals surface area contributed by atoms with Gasteiger partial charge < -0.3 is 0 Å². The van der Waals surface area contributed by atoms with E-state index >= 15 is 0 Å². The average molecular weight is 306 g/mol. The van der Waals surface area contributed by atoms with Crippen LogP contribution in [0.25, 0.3) is 0 Å². The molecule has 5 nitrogen and oxygen atoms in total. The molecule has 0 saturated carbocycles. The van der Waals surface area contributed by atoms with Gasteiger partial charge in [0.2, 0.25) is 5.15 Å². The summed E-state index contributed by atoms with van der Waals surface area (Å²) >= 11 is 6.90. The van der Waals surface area contributed by atoms with E-state index in [9.17, 15) is 10.1 Å². The lowest BCUT2D eigenvalue weighted by Crippen LogP contribution is -1.97. The van der Waals surface area contributed by atoms with Crippen molar-refractivity contribution in [3.05, 3.63) is 56.9 Å². The van der Waals surface area contributed by atoms with Crippen LogP contribution in [0.2, 0.25) is 5.15 Å². The highest BCUT2D eigenvalue weighted by Gasteiger charge is 2.24. The van der Waals surface area contributed by atoms with Crippen molar-refractivity contribution in [2.45, 2.75) is 16.7 Å². The minimum atomic E-state index is -0.618. The highest BCUT2D eigenvalue weighted by Crippen LogP contribution is 2.40. The van der Waals surface area contributed by atoms with Crippen molar-refractivity contribution >= 4 is 29.1 Å². The molecule has 0 amide bonds. The molecule has 1 aromatic carbocycles. The number of halogens is 1. The van der Waals surface area contributed by atoms with Gasteiger partial charge in [-0.15, -0.1) is 0 Å². The Balaban J connectivity index is 2.54. The third kappa shape index (κ3) is 2.90. The molecule has 0 atom stereocenters. The normalized spacial score (nSPS) is 10.1. The van der Waals surface area contributed by atoms with E-state index in [4.69, 9.17) is 16.9 Å². The minimum absolute atomic E-state index is 0.131. The summed E-state index contributed by atoms with van der Waals surface area (Å²) in [7, 11) is 0. The fourth-order valence-electron chi connectivity index (χ4n) is 1.53. The number of hydrogen-bond acceptors (Lipinski definition) is 5. The van der Waals surface area contributed by atoms with Crippen LogP contribution in [-0.2, 0) is 0 Å². The molecular formula is C13H8ClN3O2S. The number of pyridine rings is 1. The highest BCUT2D eigenvalue weighted by atomic mass is 35.5. The first-order valence-corrected chi connectivity index (χ1v) is 6.70. The lowest BCUT2D eigenvalue weighted by atomic mass is 10.2. The number of nitriles is 1. The molecule has 0 bridgehead atoms. The lowest BCUT2D eigenvalue weighted by molar-refractivity contribution is -0.387. The van der Waals surface area contributed by atoms with E-state index < -0.39 is 4.92 Å². The van der Waals surface area contributed by atoms with Crippen LogP contribution >= 0.6 is 23.4 Å². The summed E-state index contributed by atoms with van der Waals surface area (Å²) in [5.41, 5.74) is 0.875. The topological polar surface area (TPSA) is 79.8 Å². The van der Waals surface area contributed by atoms with Crippen LogP contribution in [0.4, 0.5) is 5.69 Å². The van der Waals surface area contributed by atoms with Crippen LogP contribution < -0.4 is 0 Å². The quantitative estimate of drug-likeness (QED) is 0.487. The first-order chi connectivity index (χ1) is 9.52. The Kier molecular flexibility index (Phi) is 4.23. The first-order valence-electron chi connectivity index (χ1n) is 5.50. The second-order valence-electron chi connectivity index (χ2n) is 3.92. The Bertz CT molecular complexity index is 711. The Morgan fingerprint density at radius 3 is 2.60 bits per heavy atom. The van der Waals surface area contributed by atoms with E-state index in [2.05, 4.69) is 4.98 Å². The number of rotatable bonds is 3. The summed E-state index contributed by atoms with van der Waals surface area (Å²) in [4.78, 5) is 15.2. The number of hydrogen-bond donors (Lipinski definition) is 0. The lowest BCUT2D eigenvalue weighted by Gasteiger charge is -2.06. The van der Waals surface area contributed by atoms with Gasteiger partial charge in [0.1, 0.15) is 11.0 Å². The molecule has 1 aromatic heterocycles. The van der Waals surface area contributed by atoms with E-state index in [1.54, 1.807) is 0 Å². The van der Waals surface area contributed by atoms with E-state index in [-0.39, 0.29) is 21.3 Å². The third-order valence-corrected chi connectivity index (χ3v) is 3.91. The van der Waals surface area contributed by atoms with Crippen LogP contribution in [-0.4, -0.2) is 9.91 Å². The van der Waals surface area contributed by atoms with Crippen LogP contribution in [0.15, 0.2) is 40.3 Å². The molecule has 0 aliphatic carbocycles. The number of aryl methyl sites for hydroxylation is 1. The zero-order valence-electron chi connectivity index (χ0n) is 10.3. The van der Waals surface area contributed by atoms with Crippen molar-refractivity contribution in [2.75, 3.05) is 0 Å². The summed E-state index contributed by atoms with van der Waals surface area (Å²) in [6, 6.07) is 9.35.